The van der Waals surface area contributed by atoms with Crippen LogP contribution in [0.5, 0.6) is 0 Å². The first-order valence-electron chi connectivity index (χ1n) is 12.9. The van der Waals surface area contributed by atoms with E-state index in [2.05, 4.69) is 9.47 Å². The number of esters is 2. The fourth-order valence-corrected chi connectivity index (χ4v) is 3.98. The molecule has 6 nitrogen and oxygen atoms in total. The molecular formula is C22H14F26O6S. The summed E-state index contributed by atoms with van der Waals surface area (Å²) in [4.78, 5) is 34.6. The largest absolute Gasteiger partial charge is 0.481 e. The number of halogens is 26. The highest BCUT2D eigenvalue weighted by Crippen LogP contribution is 2.62. The highest BCUT2D eigenvalue weighted by atomic mass is 32.2. The van der Waals surface area contributed by atoms with Gasteiger partial charge in [-0.3, -0.25) is 14.4 Å². The Balaban J connectivity index is 5.93. The third kappa shape index (κ3) is 9.40. The van der Waals surface area contributed by atoms with Gasteiger partial charge in [0.15, 0.2) is 0 Å². The first kappa shape index (κ1) is 51.9. The second-order valence-electron chi connectivity index (χ2n) is 10.3. The Bertz CT molecular complexity index is 1370. The molecule has 0 aromatic rings. The minimum atomic E-state index is -8.31. The monoisotopic (exact) mass is 900 g/mol. The summed E-state index contributed by atoms with van der Waals surface area (Å²) in [6.07, 6.45) is -23.7. The second-order valence-corrected chi connectivity index (χ2v) is 11.5. The molecule has 0 fully saturated rings. The number of hydrogen-bond donors (Lipinski definition) is 1. The molecule has 0 aliphatic rings. The zero-order valence-electron chi connectivity index (χ0n) is 25.0. The molecule has 0 radical (unpaired) electrons. The lowest BCUT2D eigenvalue weighted by atomic mass is 9.93. The Morgan fingerprint density at radius 2 is 0.745 bits per heavy atom. The zero-order chi connectivity index (χ0) is 44.7. The molecule has 0 aliphatic carbocycles. The van der Waals surface area contributed by atoms with E-state index >= 15 is 0 Å². The number of aliphatic carboxylic acids is 1. The van der Waals surface area contributed by atoms with E-state index in [4.69, 9.17) is 5.11 Å². The van der Waals surface area contributed by atoms with Gasteiger partial charge in [-0.25, -0.2) is 0 Å². The Morgan fingerprint density at radius 1 is 0.455 bits per heavy atom. The van der Waals surface area contributed by atoms with E-state index in [0.717, 1.165) is 0 Å². The topological polar surface area (TPSA) is 89.9 Å². The van der Waals surface area contributed by atoms with Crippen molar-refractivity contribution in [3.05, 3.63) is 0 Å². The molecule has 0 saturated carbocycles. The van der Waals surface area contributed by atoms with Crippen LogP contribution in [0.4, 0.5) is 114 Å². The van der Waals surface area contributed by atoms with E-state index in [0.29, 0.717) is 0 Å². The summed E-state index contributed by atoms with van der Waals surface area (Å²) in [6.45, 7) is -4.93. The van der Waals surface area contributed by atoms with Crippen molar-refractivity contribution in [3.8, 4) is 0 Å². The van der Waals surface area contributed by atoms with Crippen LogP contribution in [0, 0.1) is 0 Å². The van der Waals surface area contributed by atoms with Crippen LogP contribution in [0.25, 0.3) is 0 Å². The van der Waals surface area contributed by atoms with Gasteiger partial charge in [-0.1, -0.05) is 0 Å². The summed E-state index contributed by atoms with van der Waals surface area (Å²) < 4.78 is 349. The Kier molecular flexibility index (Phi) is 14.8. The standard InChI is InChI=1S/C22H14F26O6S/c23-11(24,13(27,28)15(31,32)17(35,36)19(39,40)21(43,44)45)1-3-53-9(51)5-7(55-6-8(49)50)10(52)54-4-2-12(25,26)14(29,30)16(33,34)18(37,38)20(41,42)22(46,47)48/h7H,1-6H2,(H,49,50). The van der Waals surface area contributed by atoms with E-state index in [-0.39, 0.29) is 0 Å². The third-order valence-electron chi connectivity index (χ3n) is 6.36. The van der Waals surface area contributed by atoms with Gasteiger partial charge in [0.1, 0.15) is 5.25 Å². The quantitative estimate of drug-likeness (QED) is 0.0965. The van der Waals surface area contributed by atoms with Crippen LogP contribution in [0.2, 0.25) is 0 Å². The van der Waals surface area contributed by atoms with Gasteiger partial charge < -0.3 is 14.6 Å². The molecule has 0 aromatic carbocycles. The van der Waals surface area contributed by atoms with Crippen molar-refractivity contribution in [2.45, 2.75) is 96.1 Å². The van der Waals surface area contributed by atoms with Crippen molar-refractivity contribution in [2.24, 2.45) is 0 Å². The van der Waals surface area contributed by atoms with E-state index in [9.17, 15) is 129 Å². The molecule has 0 spiro atoms. The smallest absolute Gasteiger partial charge is 0.460 e. The highest BCUT2D eigenvalue weighted by Gasteiger charge is 2.92. The molecule has 55 heavy (non-hydrogen) atoms. The lowest BCUT2D eigenvalue weighted by Gasteiger charge is -2.39. The van der Waals surface area contributed by atoms with Gasteiger partial charge in [0, 0.05) is 0 Å². The van der Waals surface area contributed by atoms with Gasteiger partial charge in [-0.15, -0.1) is 11.8 Å². The molecule has 0 saturated heterocycles. The van der Waals surface area contributed by atoms with E-state index in [1.54, 1.807) is 0 Å². The minimum absolute atomic E-state index is 0.437. The molecule has 1 N–H and O–H groups in total. The van der Waals surface area contributed by atoms with Gasteiger partial charge >= 0.3 is 89.5 Å². The molecule has 0 amide bonds. The predicted octanol–water partition coefficient (Wildman–Crippen LogP) is 8.91. The molecule has 33 heteroatoms. The molecule has 1 unspecified atom stereocenters. The van der Waals surface area contributed by atoms with Crippen LogP contribution in [0.3, 0.4) is 0 Å². The molecule has 1 atom stereocenters. The molecule has 326 valence electrons. The number of carboxylic acid groups (broad SMARTS) is 1. The first-order chi connectivity index (χ1) is 23.8. The average molecular weight is 900 g/mol. The maximum atomic E-state index is 13.9. The molecule has 0 aromatic heterocycles. The Morgan fingerprint density at radius 3 is 1.04 bits per heavy atom. The number of hydrogen-bond acceptors (Lipinski definition) is 6. The van der Waals surface area contributed by atoms with Crippen LogP contribution in [-0.2, 0) is 23.9 Å². The van der Waals surface area contributed by atoms with E-state index in [1.807, 2.05) is 0 Å². The number of thioether (sulfide) groups is 1. The summed E-state index contributed by atoms with van der Waals surface area (Å²) in [5.74, 6) is -86.7. The van der Waals surface area contributed by atoms with Crippen molar-refractivity contribution >= 4 is 29.7 Å². The summed E-state index contributed by atoms with van der Waals surface area (Å²) >= 11 is -0.437. The van der Waals surface area contributed by atoms with Crippen LogP contribution in [0.1, 0.15) is 19.3 Å². The van der Waals surface area contributed by atoms with Gasteiger partial charge in [-0.05, 0) is 0 Å². The van der Waals surface area contributed by atoms with Crippen LogP contribution in [-0.4, -0.2) is 119 Å². The van der Waals surface area contributed by atoms with Gasteiger partial charge in [0.25, 0.3) is 0 Å². The van der Waals surface area contributed by atoms with Crippen LogP contribution < -0.4 is 0 Å². The molecule has 0 rings (SSSR count). The SMILES string of the molecule is O=C(O)CSC(CC(=O)OCCC(F)(F)C(F)(F)C(F)(F)C(F)(F)C(F)(F)C(F)(F)F)C(=O)OCCC(F)(F)C(F)(F)C(F)(F)C(F)(F)C(F)(F)C(F)(F)F. The van der Waals surface area contributed by atoms with Crippen molar-refractivity contribution < 1.29 is 143 Å². The lowest BCUT2D eigenvalue weighted by molar-refractivity contribution is -0.440. The predicted molar refractivity (Wildman–Crippen MR) is 121 cm³/mol. The van der Waals surface area contributed by atoms with Crippen molar-refractivity contribution in [1.29, 1.82) is 0 Å². The van der Waals surface area contributed by atoms with E-state index in [1.165, 1.54) is 0 Å². The summed E-state index contributed by atoms with van der Waals surface area (Å²) in [5, 5.41) is 5.98. The normalized spacial score (nSPS) is 15.8. The third-order valence-corrected chi connectivity index (χ3v) is 7.53. The number of ether oxygens (including phenoxy) is 2. The number of rotatable bonds is 20. The number of carbonyl (C=O) groups excluding carboxylic acids is 2. The van der Waals surface area contributed by atoms with Crippen LogP contribution >= 0.6 is 11.8 Å². The molecular weight excluding hydrogens is 886 g/mol. The van der Waals surface area contributed by atoms with Crippen molar-refractivity contribution in [3.63, 3.8) is 0 Å². The molecule has 0 heterocycles. The Hall–Kier alpha value is -3.06. The number of alkyl halides is 26. The summed E-state index contributed by atoms with van der Waals surface area (Å²) in [5.41, 5.74) is 0. The maximum Gasteiger partial charge on any atom is 0.460 e. The maximum absolute atomic E-state index is 13.9. The number of carboxylic acids is 1. The van der Waals surface area contributed by atoms with Gasteiger partial charge in [0.2, 0.25) is 0 Å². The van der Waals surface area contributed by atoms with Crippen molar-refractivity contribution in [1.82, 2.24) is 0 Å². The van der Waals surface area contributed by atoms with Crippen LogP contribution in [0.15, 0.2) is 0 Å². The fraction of sp³-hybridized carbons (Fsp3) is 0.864. The highest BCUT2D eigenvalue weighted by molar-refractivity contribution is 8.01. The second kappa shape index (κ2) is 15.7. The molecule has 0 aliphatic heterocycles. The van der Waals surface area contributed by atoms with Gasteiger partial charge in [0.05, 0.1) is 38.2 Å². The Labute approximate surface area is 288 Å². The van der Waals surface area contributed by atoms with Crippen molar-refractivity contribution in [2.75, 3.05) is 19.0 Å². The fourth-order valence-electron chi connectivity index (χ4n) is 3.18. The minimum Gasteiger partial charge on any atom is -0.481 e. The summed E-state index contributed by atoms with van der Waals surface area (Å²) in [6, 6.07) is 0. The first-order valence-corrected chi connectivity index (χ1v) is 13.9. The van der Waals surface area contributed by atoms with Gasteiger partial charge in [-0.2, -0.15) is 114 Å². The van der Waals surface area contributed by atoms with E-state index < -0.39 is 145 Å². The lowest BCUT2D eigenvalue weighted by Crippen LogP contribution is -2.70. The summed E-state index contributed by atoms with van der Waals surface area (Å²) in [7, 11) is 0. The number of carbonyl (C=O) groups is 3. The zero-order valence-corrected chi connectivity index (χ0v) is 25.9. The average Bonchev–Trinajstić information content (AvgIpc) is 2.96. The molecule has 0 bridgehead atoms.